The number of hydrogen-bond acceptors (Lipinski definition) is 3. The molecule has 0 unspecified atom stereocenters. The Morgan fingerprint density at radius 3 is 2.63 bits per heavy atom. The van der Waals surface area contributed by atoms with E-state index in [1.165, 1.54) is 17.3 Å². The molecule has 0 spiro atoms. The normalized spacial score (nSPS) is 17.4. The molecule has 3 aromatic rings. The van der Waals surface area contributed by atoms with Gasteiger partial charge in [-0.05, 0) is 73.9 Å². The Morgan fingerprint density at radius 1 is 1.17 bits per heavy atom. The van der Waals surface area contributed by atoms with Gasteiger partial charge in [-0.1, -0.05) is 52.8 Å². The maximum Gasteiger partial charge on any atom is 0.260 e. The molecule has 1 fully saturated rings. The van der Waals surface area contributed by atoms with Crippen LogP contribution < -0.4 is 10.6 Å². The van der Waals surface area contributed by atoms with E-state index in [0.717, 1.165) is 39.2 Å². The van der Waals surface area contributed by atoms with E-state index in [1.807, 2.05) is 18.2 Å². The van der Waals surface area contributed by atoms with Crippen LogP contribution in [0.5, 0.6) is 0 Å². The van der Waals surface area contributed by atoms with E-state index in [0.29, 0.717) is 4.91 Å². The molecule has 0 aliphatic carbocycles. The first kappa shape index (κ1) is 20.8. The number of rotatable bonds is 5. The van der Waals surface area contributed by atoms with Gasteiger partial charge in [0.25, 0.3) is 5.91 Å². The Balaban J connectivity index is 1.55. The van der Waals surface area contributed by atoms with Crippen LogP contribution in [0.2, 0.25) is 0 Å². The molecule has 1 aliphatic rings. The minimum atomic E-state index is -0.176. The second kappa shape index (κ2) is 8.74. The lowest BCUT2D eigenvalue weighted by atomic mass is 10.1. The Labute approximate surface area is 189 Å². The number of anilines is 1. The van der Waals surface area contributed by atoms with Crippen molar-refractivity contribution in [2.24, 2.45) is 0 Å². The van der Waals surface area contributed by atoms with E-state index >= 15 is 0 Å². The third-order valence-corrected chi connectivity index (χ3v) is 6.74. The standard InChI is InChI=1S/C24H24BrN3OS/c1-4-17-8-10-20(11-9-17)26-24-27-23(29)22(30-24)13-18-12-15(2)28(16(18)3)21-7-5-6-19(25)14-21/h5-14,24,26H,4H2,1-3H3,(H,27,29)/b22-13-/t24-/m0/s1. The van der Waals surface area contributed by atoms with Gasteiger partial charge in [-0.3, -0.25) is 4.79 Å². The maximum absolute atomic E-state index is 12.5. The van der Waals surface area contributed by atoms with E-state index in [-0.39, 0.29) is 11.4 Å². The van der Waals surface area contributed by atoms with Crippen molar-refractivity contribution >= 4 is 45.4 Å². The Kier molecular flexibility index (Phi) is 6.06. The summed E-state index contributed by atoms with van der Waals surface area (Å²) >= 11 is 5.06. The maximum atomic E-state index is 12.5. The van der Waals surface area contributed by atoms with Crippen molar-refractivity contribution in [3.63, 3.8) is 0 Å². The molecular weight excluding hydrogens is 458 g/mol. The molecule has 2 aromatic carbocycles. The van der Waals surface area contributed by atoms with Crippen LogP contribution in [0, 0.1) is 13.8 Å². The minimum absolute atomic E-state index is 0.0464. The molecule has 0 radical (unpaired) electrons. The molecule has 2 heterocycles. The van der Waals surface area contributed by atoms with Gasteiger partial charge in [-0.2, -0.15) is 0 Å². The van der Waals surface area contributed by atoms with Crippen LogP contribution in [0.25, 0.3) is 11.8 Å². The van der Waals surface area contributed by atoms with E-state index in [1.54, 1.807) is 0 Å². The highest BCUT2D eigenvalue weighted by Gasteiger charge is 2.27. The van der Waals surface area contributed by atoms with Crippen LogP contribution in [0.1, 0.15) is 29.4 Å². The SMILES string of the molecule is CCc1ccc(N[C@H]2NC(=O)/C(=C/c3cc(C)n(-c4cccc(Br)c4)c3C)S2)cc1. The van der Waals surface area contributed by atoms with Gasteiger partial charge in [-0.25, -0.2) is 0 Å². The van der Waals surface area contributed by atoms with Crippen LogP contribution in [-0.2, 0) is 11.2 Å². The highest BCUT2D eigenvalue weighted by molar-refractivity contribution is 9.10. The lowest BCUT2D eigenvalue weighted by Crippen LogP contribution is -2.30. The molecule has 154 valence electrons. The number of thioether (sulfide) groups is 1. The van der Waals surface area contributed by atoms with E-state index in [4.69, 9.17) is 0 Å². The fourth-order valence-corrected chi connectivity index (χ4v) is 5.00. The fraction of sp³-hybridized carbons (Fsp3) is 0.208. The quantitative estimate of drug-likeness (QED) is 0.438. The number of nitrogens with zero attached hydrogens (tertiary/aromatic N) is 1. The van der Waals surface area contributed by atoms with Crippen LogP contribution in [0.15, 0.2) is 64.0 Å². The molecule has 4 nitrogen and oxygen atoms in total. The monoisotopic (exact) mass is 481 g/mol. The third kappa shape index (κ3) is 4.35. The molecule has 30 heavy (non-hydrogen) atoms. The summed E-state index contributed by atoms with van der Waals surface area (Å²) in [6.45, 7) is 6.31. The third-order valence-electron chi connectivity index (χ3n) is 5.21. The highest BCUT2D eigenvalue weighted by Crippen LogP contribution is 2.32. The minimum Gasteiger partial charge on any atom is -0.357 e. The number of aromatic nitrogens is 1. The fourth-order valence-electron chi connectivity index (χ4n) is 3.64. The summed E-state index contributed by atoms with van der Waals surface area (Å²) in [5.74, 6) is -0.0464. The number of halogens is 1. The summed E-state index contributed by atoms with van der Waals surface area (Å²) in [5, 5.41) is 6.39. The summed E-state index contributed by atoms with van der Waals surface area (Å²) in [5.41, 5.74) is 6.51. The van der Waals surface area contributed by atoms with E-state index in [2.05, 4.69) is 94.4 Å². The zero-order chi connectivity index (χ0) is 21.3. The summed E-state index contributed by atoms with van der Waals surface area (Å²) in [7, 11) is 0. The predicted molar refractivity (Wildman–Crippen MR) is 130 cm³/mol. The number of aryl methyl sites for hydroxylation is 2. The number of hydrogen-bond donors (Lipinski definition) is 2. The molecule has 1 amide bonds. The first-order valence-corrected chi connectivity index (χ1v) is 11.6. The van der Waals surface area contributed by atoms with Crippen LogP contribution in [-0.4, -0.2) is 16.0 Å². The average Bonchev–Trinajstić information content (AvgIpc) is 3.20. The van der Waals surface area contributed by atoms with Crippen molar-refractivity contribution in [2.75, 3.05) is 5.32 Å². The van der Waals surface area contributed by atoms with Gasteiger partial charge in [0.2, 0.25) is 0 Å². The number of nitrogens with one attached hydrogen (secondary N) is 2. The van der Waals surface area contributed by atoms with Gasteiger partial charge >= 0.3 is 0 Å². The summed E-state index contributed by atoms with van der Waals surface area (Å²) in [4.78, 5) is 13.3. The zero-order valence-electron chi connectivity index (χ0n) is 17.2. The molecule has 0 bridgehead atoms. The highest BCUT2D eigenvalue weighted by atomic mass is 79.9. The Bertz CT molecular complexity index is 1120. The molecule has 1 aliphatic heterocycles. The molecule has 4 rings (SSSR count). The van der Waals surface area contributed by atoms with Crippen LogP contribution >= 0.6 is 27.7 Å². The Morgan fingerprint density at radius 2 is 1.93 bits per heavy atom. The average molecular weight is 482 g/mol. The number of carbonyl (C=O) groups excluding carboxylic acids is 1. The lowest BCUT2D eigenvalue weighted by molar-refractivity contribution is -0.116. The number of amides is 1. The van der Waals surface area contributed by atoms with E-state index < -0.39 is 0 Å². The number of benzene rings is 2. The first-order chi connectivity index (χ1) is 14.4. The van der Waals surface area contributed by atoms with Gasteiger partial charge in [0.05, 0.1) is 4.91 Å². The summed E-state index contributed by atoms with van der Waals surface area (Å²) in [6, 6.07) is 18.7. The van der Waals surface area contributed by atoms with Crippen molar-refractivity contribution in [1.82, 2.24) is 9.88 Å². The van der Waals surface area contributed by atoms with Crippen LogP contribution in [0.4, 0.5) is 5.69 Å². The van der Waals surface area contributed by atoms with Crippen molar-refractivity contribution in [2.45, 2.75) is 32.7 Å². The van der Waals surface area contributed by atoms with Crippen molar-refractivity contribution in [3.8, 4) is 5.69 Å². The largest absolute Gasteiger partial charge is 0.357 e. The predicted octanol–water partition coefficient (Wildman–Crippen LogP) is 6.02. The Hall–Kier alpha value is -2.44. The molecule has 1 saturated heterocycles. The topological polar surface area (TPSA) is 46.1 Å². The molecule has 1 aromatic heterocycles. The van der Waals surface area contributed by atoms with Gasteiger partial charge in [0.1, 0.15) is 0 Å². The van der Waals surface area contributed by atoms with Gasteiger partial charge in [0, 0.05) is 27.2 Å². The lowest BCUT2D eigenvalue weighted by Gasteiger charge is -2.12. The molecule has 2 N–H and O–H groups in total. The molecule has 6 heteroatoms. The number of carbonyl (C=O) groups is 1. The van der Waals surface area contributed by atoms with Gasteiger partial charge in [0.15, 0.2) is 5.50 Å². The van der Waals surface area contributed by atoms with E-state index in [9.17, 15) is 4.79 Å². The summed E-state index contributed by atoms with van der Waals surface area (Å²) < 4.78 is 3.25. The van der Waals surface area contributed by atoms with Crippen LogP contribution in [0.3, 0.4) is 0 Å². The van der Waals surface area contributed by atoms with Gasteiger partial charge < -0.3 is 15.2 Å². The molecule has 0 saturated carbocycles. The smallest absolute Gasteiger partial charge is 0.260 e. The molecular formula is C24H24BrN3OS. The second-order valence-electron chi connectivity index (χ2n) is 7.32. The van der Waals surface area contributed by atoms with Crippen molar-refractivity contribution in [1.29, 1.82) is 0 Å². The van der Waals surface area contributed by atoms with Crippen molar-refractivity contribution in [3.05, 3.63) is 86.5 Å². The van der Waals surface area contributed by atoms with Crippen molar-refractivity contribution < 1.29 is 4.79 Å². The molecule has 1 atom stereocenters. The van der Waals surface area contributed by atoms with Gasteiger partial charge in [-0.15, -0.1) is 0 Å². The summed E-state index contributed by atoms with van der Waals surface area (Å²) in [6.07, 6.45) is 3.00. The first-order valence-electron chi connectivity index (χ1n) is 9.94. The zero-order valence-corrected chi connectivity index (χ0v) is 19.6. The second-order valence-corrected chi connectivity index (χ2v) is 9.38.